The molecule has 1 aliphatic heterocycles. The number of piperazine rings is 1. The van der Waals surface area contributed by atoms with Crippen LogP contribution in [-0.2, 0) is 14.6 Å². The van der Waals surface area contributed by atoms with Gasteiger partial charge in [-0.2, -0.15) is 0 Å². The molecule has 1 aromatic rings. The Balaban J connectivity index is 2.41. The van der Waals surface area contributed by atoms with E-state index >= 15 is 0 Å². The first-order chi connectivity index (χ1) is 9.71. The quantitative estimate of drug-likeness (QED) is 0.855. The number of amides is 2. The number of hydrogen-bond acceptors (Lipinski definition) is 4. The minimum absolute atomic E-state index is 0.102. The van der Waals surface area contributed by atoms with Crippen molar-refractivity contribution in [1.82, 2.24) is 10.2 Å². The zero-order valence-electron chi connectivity index (χ0n) is 12.2. The summed E-state index contributed by atoms with van der Waals surface area (Å²) in [5, 5.41) is 2.69. The third-order valence-corrected chi connectivity index (χ3v) is 4.74. The third kappa shape index (κ3) is 3.07. The van der Waals surface area contributed by atoms with Gasteiger partial charge in [0.15, 0.2) is 9.84 Å². The van der Waals surface area contributed by atoms with Crippen molar-refractivity contribution in [2.24, 2.45) is 0 Å². The monoisotopic (exact) mass is 310 g/mol. The lowest BCUT2D eigenvalue weighted by atomic mass is 10.1. The number of nitrogens with one attached hydrogen (secondary N) is 1. The molecule has 1 saturated heterocycles. The van der Waals surface area contributed by atoms with E-state index in [-0.39, 0.29) is 16.7 Å². The molecule has 1 N–H and O–H groups in total. The fraction of sp³-hybridized carbons (Fsp3) is 0.429. The van der Waals surface area contributed by atoms with Crippen LogP contribution in [0.2, 0.25) is 0 Å². The maximum absolute atomic E-state index is 12.6. The molecule has 1 aliphatic rings. The van der Waals surface area contributed by atoms with Crippen LogP contribution >= 0.6 is 0 Å². The van der Waals surface area contributed by atoms with Gasteiger partial charge in [-0.3, -0.25) is 9.59 Å². The molecule has 0 aromatic heterocycles. The van der Waals surface area contributed by atoms with Gasteiger partial charge in [-0.25, -0.2) is 8.42 Å². The fourth-order valence-electron chi connectivity index (χ4n) is 2.28. The van der Waals surface area contributed by atoms with Gasteiger partial charge >= 0.3 is 0 Å². The largest absolute Gasteiger partial charge is 0.353 e. The molecular formula is C14H18N2O4S. The lowest BCUT2D eigenvalue weighted by molar-refractivity contribution is -0.127. The first-order valence-electron chi connectivity index (χ1n) is 6.61. The predicted octanol–water partition coefficient (Wildman–Crippen LogP) is 0.359. The Morgan fingerprint density at radius 3 is 2.67 bits per heavy atom. The Bertz CT molecular complexity index is 697. The third-order valence-electron chi connectivity index (χ3n) is 3.63. The highest BCUT2D eigenvalue weighted by Gasteiger charge is 2.30. The van der Waals surface area contributed by atoms with E-state index in [1.54, 1.807) is 19.9 Å². The summed E-state index contributed by atoms with van der Waals surface area (Å²) in [6.45, 7) is 4.21. The van der Waals surface area contributed by atoms with Crippen LogP contribution in [0.25, 0.3) is 0 Å². The van der Waals surface area contributed by atoms with E-state index in [2.05, 4.69) is 5.32 Å². The van der Waals surface area contributed by atoms with E-state index < -0.39 is 15.9 Å². The van der Waals surface area contributed by atoms with Crippen LogP contribution < -0.4 is 5.32 Å². The number of carbonyl (C=O) groups excluding carboxylic acids is 2. The lowest BCUT2D eigenvalue weighted by Crippen LogP contribution is -2.55. The van der Waals surface area contributed by atoms with E-state index in [0.717, 1.165) is 6.26 Å². The van der Waals surface area contributed by atoms with Crippen LogP contribution in [0.1, 0.15) is 22.8 Å². The molecule has 114 valence electrons. The average molecular weight is 310 g/mol. The van der Waals surface area contributed by atoms with Crippen LogP contribution in [0.4, 0.5) is 0 Å². The summed E-state index contributed by atoms with van der Waals surface area (Å²) in [7, 11) is -3.38. The molecule has 1 aromatic carbocycles. The van der Waals surface area contributed by atoms with Crippen molar-refractivity contribution in [3.05, 3.63) is 29.3 Å². The van der Waals surface area contributed by atoms with E-state index in [1.165, 1.54) is 17.0 Å². The molecule has 1 atom stereocenters. The van der Waals surface area contributed by atoms with Crippen molar-refractivity contribution in [1.29, 1.82) is 0 Å². The summed E-state index contributed by atoms with van der Waals surface area (Å²) in [6.07, 6.45) is 1.10. The molecule has 0 spiro atoms. The van der Waals surface area contributed by atoms with Crippen molar-refractivity contribution in [2.75, 3.05) is 19.3 Å². The van der Waals surface area contributed by atoms with Gasteiger partial charge in [0.2, 0.25) is 5.91 Å². The van der Waals surface area contributed by atoms with Crippen molar-refractivity contribution in [3.63, 3.8) is 0 Å². The van der Waals surface area contributed by atoms with Crippen LogP contribution in [0.5, 0.6) is 0 Å². The number of benzene rings is 1. The number of aryl methyl sites for hydroxylation is 1. The van der Waals surface area contributed by atoms with Crippen LogP contribution in [-0.4, -0.2) is 50.5 Å². The predicted molar refractivity (Wildman–Crippen MR) is 77.8 cm³/mol. The van der Waals surface area contributed by atoms with Crippen molar-refractivity contribution in [2.45, 2.75) is 24.8 Å². The zero-order valence-corrected chi connectivity index (χ0v) is 13.0. The summed E-state index contributed by atoms with van der Waals surface area (Å²) in [5.41, 5.74) is 1.00. The van der Waals surface area contributed by atoms with Gasteiger partial charge in [0.1, 0.15) is 6.04 Å². The minimum Gasteiger partial charge on any atom is -0.353 e. The number of nitrogens with zero attached hydrogens (tertiary/aromatic N) is 1. The van der Waals surface area contributed by atoms with Gasteiger partial charge in [-0.05, 0) is 31.5 Å². The van der Waals surface area contributed by atoms with Crippen LogP contribution in [0.3, 0.4) is 0 Å². The molecule has 7 heteroatoms. The highest BCUT2D eigenvalue weighted by molar-refractivity contribution is 7.90. The Hall–Kier alpha value is -1.89. The van der Waals surface area contributed by atoms with Crippen LogP contribution in [0.15, 0.2) is 23.1 Å². The molecule has 1 unspecified atom stereocenters. The molecule has 2 amide bonds. The molecule has 1 fully saturated rings. The normalized spacial score (nSPS) is 19.3. The molecule has 6 nitrogen and oxygen atoms in total. The molecule has 2 rings (SSSR count). The molecule has 0 radical (unpaired) electrons. The Kier molecular flexibility index (Phi) is 4.04. The van der Waals surface area contributed by atoms with Crippen molar-refractivity contribution >= 4 is 21.7 Å². The summed E-state index contributed by atoms with van der Waals surface area (Å²) >= 11 is 0. The molecule has 21 heavy (non-hydrogen) atoms. The number of hydrogen-bond donors (Lipinski definition) is 1. The van der Waals surface area contributed by atoms with Gasteiger partial charge in [-0.1, -0.05) is 6.07 Å². The number of rotatable bonds is 2. The lowest BCUT2D eigenvalue weighted by Gasteiger charge is -2.33. The topological polar surface area (TPSA) is 83.6 Å². The molecule has 1 heterocycles. The SMILES string of the molecule is Cc1ccc(S(C)(=O)=O)cc1C(=O)N1CCNC(=O)C1C. The van der Waals surface area contributed by atoms with Gasteiger partial charge in [0.05, 0.1) is 4.90 Å². The summed E-state index contributed by atoms with van der Waals surface area (Å²) < 4.78 is 23.2. The van der Waals surface area contributed by atoms with Gasteiger partial charge in [-0.15, -0.1) is 0 Å². The molecular weight excluding hydrogens is 292 g/mol. The number of carbonyl (C=O) groups is 2. The Morgan fingerprint density at radius 2 is 2.05 bits per heavy atom. The molecule has 0 saturated carbocycles. The summed E-state index contributed by atoms with van der Waals surface area (Å²) in [4.78, 5) is 25.8. The van der Waals surface area contributed by atoms with E-state index in [9.17, 15) is 18.0 Å². The fourth-order valence-corrected chi connectivity index (χ4v) is 2.92. The van der Waals surface area contributed by atoms with Crippen LogP contribution in [0, 0.1) is 6.92 Å². The standard InChI is InChI=1S/C14H18N2O4S/c1-9-4-5-11(21(3,19)20)8-12(9)14(18)16-7-6-15-13(17)10(16)2/h4-5,8,10H,6-7H2,1-3H3,(H,15,17). The summed E-state index contributed by atoms with van der Waals surface area (Å²) in [6, 6.07) is 3.91. The van der Waals surface area contributed by atoms with Crippen molar-refractivity contribution < 1.29 is 18.0 Å². The summed E-state index contributed by atoms with van der Waals surface area (Å²) in [5.74, 6) is -0.521. The minimum atomic E-state index is -3.38. The van der Waals surface area contributed by atoms with Crippen molar-refractivity contribution in [3.8, 4) is 0 Å². The first-order valence-corrected chi connectivity index (χ1v) is 8.50. The second-order valence-electron chi connectivity index (χ2n) is 5.21. The average Bonchev–Trinajstić information content (AvgIpc) is 2.40. The van der Waals surface area contributed by atoms with Gasteiger partial charge in [0.25, 0.3) is 5.91 Å². The molecule has 0 bridgehead atoms. The zero-order chi connectivity index (χ0) is 15.8. The second-order valence-corrected chi connectivity index (χ2v) is 7.23. The van der Waals surface area contributed by atoms with E-state index in [0.29, 0.717) is 24.2 Å². The second kappa shape index (κ2) is 5.48. The number of sulfone groups is 1. The highest BCUT2D eigenvalue weighted by atomic mass is 32.2. The Morgan fingerprint density at radius 1 is 1.38 bits per heavy atom. The first kappa shape index (κ1) is 15.5. The van der Waals surface area contributed by atoms with Gasteiger partial charge < -0.3 is 10.2 Å². The Labute approximate surface area is 124 Å². The highest BCUT2D eigenvalue weighted by Crippen LogP contribution is 2.19. The van der Waals surface area contributed by atoms with Gasteiger partial charge in [0, 0.05) is 24.9 Å². The maximum Gasteiger partial charge on any atom is 0.254 e. The smallest absolute Gasteiger partial charge is 0.254 e. The van der Waals surface area contributed by atoms with E-state index in [1.807, 2.05) is 0 Å². The molecule has 0 aliphatic carbocycles. The van der Waals surface area contributed by atoms with E-state index in [4.69, 9.17) is 0 Å². The maximum atomic E-state index is 12.6.